The zero-order valence-electron chi connectivity index (χ0n) is 19.0. The van der Waals surface area contributed by atoms with Gasteiger partial charge in [0.25, 0.3) is 0 Å². The number of aliphatic hydroxyl groups is 1. The number of carbonyl (C=O) groups excluding carboxylic acids is 1. The molecule has 2 N–H and O–H groups in total. The third kappa shape index (κ3) is 4.42. The van der Waals surface area contributed by atoms with Crippen LogP contribution in [-0.2, 0) is 13.9 Å². The summed E-state index contributed by atoms with van der Waals surface area (Å²) < 4.78 is 31.2. The van der Waals surface area contributed by atoms with Crippen molar-refractivity contribution in [3.8, 4) is 11.8 Å². The number of rotatable bonds is 4. The molecule has 0 unspecified atom stereocenters. The highest BCUT2D eigenvalue weighted by Gasteiger charge is 2.58. The molecule has 8 atom stereocenters. The number of carbonyl (C=O) groups is 1. The Labute approximate surface area is 196 Å². The highest BCUT2D eigenvalue weighted by molar-refractivity contribution is 8.70. The number of ketones is 1. The van der Waals surface area contributed by atoms with E-state index in [1.807, 2.05) is 0 Å². The van der Waals surface area contributed by atoms with Crippen LogP contribution in [0, 0.1) is 58.7 Å². The van der Waals surface area contributed by atoms with Crippen LogP contribution < -0.4 is 0 Å². The fourth-order valence-electron chi connectivity index (χ4n) is 8.22. The molecule has 0 spiro atoms. The number of Topliss-reactive ketones (excluding diaryl/α,β-unsaturated/α-hetero) is 1. The Balaban J connectivity index is 1.26. The minimum Gasteiger partial charge on any atom is -0.378 e. The summed E-state index contributed by atoms with van der Waals surface area (Å²) in [6, 6.07) is 0. The Morgan fingerprint density at radius 1 is 1.00 bits per heavy atom. The van der Waals surface area contributed by atoms with Crippen LogP contribution in [0.15, 0.2) is 0 Å². The van der Waals surface area contributed by atoms with Crippen LogP contribution in [0.1, 0.15) is 77.6 Å². The average molecular weight is 481 g/mol. The van der Waals surface area contributed by atoms with Crippen molar-refractivity contribution in [1.29, 1.82) is 0 Å². The molecular formula is C25H36O5S2. The molecule has 0 aliphatic heterocycles. The number of fused-ring (bicyclic) bond motifs is 5. The van der Waals surface area contributed by atoms with Crippen molar-refractivity contribution < 1.29 is 22.9 Å². The van der Waals surface area contributed by atoms with Gasteiger partial charge in [-0.05, 0) is 106 Å². The fraction of sp³-hybridized carbons (Fsp3) is 0.880. The zero-order chi connectivity index (χ0) is 22.7. The van der Waals surface area contributed by atoms with Crippen LogP contribution >= 0.6 is 10.8 Å². The van der Waals surface area contributed by atoms with Crippen molar-refractivity contribution in [2.24, 2.45) is 46.8 Å². The number of hydrogen-bond donors (Lipinski definition) is 2. The molecule has 0 aromatic carbocycles. The van der Waals surface area contributed by atoms with Gasteiger partial charge in [-0.1, -0.05) is 18.8 Å². The zero-order valence-corrected chi connectivity index (χ0v) is 20.6. The lowest BCUT2D eigenvalue weighted by molar-refractivity contribution is -0.129. The van der Waals surface area contributed by atoms with Gasteiger partial charge in [0.15, 0.2) is 0 Å². The van der Waals surface area contributed by atoms with Crippen LogP contribution in [0.4, 0.5) is 0 Å². The van der Waals surface area contributed by atoms with E-state index in [2.05, 4.69) is 18.8 Å². The van der Waals surface area contributed by atoms with Crippen molar-refractivity contribution in [3.63, 3.8) is 0 Å². The van der Waals surface area contributed by atoms with E-state index < -0.39 is 14.8 Å². The first-order chi connectivity index (χ1) is 15.1. The lowest BCUT2D eigenvalue weighted by Crippen LogP contribution is -2.51. The molecule has 0 amide bonds. The summed E-state index contributed by atoms with van der Waals surface area (Å²) in [5.74, 6) is 9.94. The van der Waals surface area contributed by atoms with E-state index in [9.17, 15) is 18.3 Å². The molecule has 0 radical (unpaired) electrons. The van der Waals surface area contributed by atoms with Gasteiger partial charge in [-0.3, -0.25) is 9.35 Å². The highest BCUT2D eigenvalue weighted by Crippen LogP contribution is 2.64. The van der Waals surface area contributed by atoms with Gasteiger partial charge in [-0.2, -0.15) is 8.42 Å². The second-order valence-corrected chi connectivity index (χ2v) is 14.9. The predicted molar refractivity (Wildman–Crippen MR) is 125 cm³/mol. The van der Waals surface area contributed by atoms with E-state index in [1.54, 1.807) is 0 Å². The smallest absolute Gasteiger partial charge is 0.320 e. The minimum atomic E-state index is -4.18. The van der Waals surface area contributed by atoms with E-state index in [1.165, 1.54) is 19.3 Å². The first kappa shape index (κ1) is 23.2. The van der Waals surface area contributed by atoms with E-state index in [0.717, 1.165) is 51.4 Å². The SMILES string of the molecule is C[C@]12CC[C@H]3[C@@H](CC[C@@H]4C[C@](O)(C#CC5CC5)CC[C@@H]43)[C@@H]1CC[C@@H]2C(=O)CSS(=O)(=O)O. The normalized spacial score (nSPS) is 45.7. The van der Waals surface area contributed by atoms with Gasteiger partial charge in [0.1, 0.15) is 11.4 Å². The highest BCUT2D eigenvalue weighted by atomic mass is 33.1. The molecule has 0 bridgehead atoms. The Hall–Kier alpha value is -0.550. The molecule has 5 aliphatic rings. The van der Waals surface area contributed by atoms with E-state index in [-0.39, 0.29) is 22.9 Å². The maximum absolute atomic E-state index is 12.9. The van der Waals surface area contributed by atoms with E-state index in [4.69, 9.17) is 4.55 Å². The summed E-state index contributed by atoms with van der Waals surface area (Å²) in [6.07, 6.45) is 11.5. The number of hydrogen-bond acceptors (Lipinski definition) is 5. The molecule has 7 heteroatoms. The molecule has 0 saturated heterocycles. The largest absolute Gasteiger partial charge is 0.378 e. The van der Waals surface area contributed by atoms with Crippen LogP contribution in [0.25, 0.3) is 0 Å². The van der Waals surface area contributed by atoms with Gasteiger partial charge in [0.2, 0.25) is 0 Å². The molecular weight excluding hydrogens is 444 g/mol. The summed E-state index contributed by atoms with van der Waals surface area (Å²) in [5.41, 5.74) is -0.828. The van der Waals surface area contributed by atoms with Gasteiger partial charge in [0, 0.05) is 22.6 Å². The van der Waals surface area contributed by atoms with Crippen molar-refractivity contribution in [1.82, 2.24) is 0 Å². The Kier molecular flexibility index (Phi) is 6.01. The Morgan fingerprint density at radius 2 is 1.75 bits per heavy atom. The minimum absolute atomic E-state index is 0.0123. The standard InChI is InChI=1S/C25H36O5S2/c1-24-11-9-19-18-10-13-25(27,12-8-16-2-3-16)14-17(18)4-5-20(19)21(24)6-7-22(24)23(26)15-31-32(28,29)30/h16-22,27H,2-7,9-11,13-15H2,1H3,(H,28,29,30)/t17-,18+,19-,20-,21+,22-,24+,25+/m1/s1. The van der Waals surface area contributed by atoms with E-state index in [0.29, 0.717) is 46.3 Å². The molecule has 0 aromatic rings. The third-order valence-electron chi connectivity index (χ3n) is 9.84. The second-order valence-electron chi connectivity index (χ2n) is 11.6. The average Bonchev–Trinajstić information content (AvgIpc) is 3.49. The third-order valence-corrected chi connectivity index (χ3v) is 11.8. The quantitative estimate of drug-likeness (QED) is 0.350. The topological polar surface area (TPSA) is 91.7 Å². The summed E-state index contributed by atoms with van der Waals surface area (Å²) in [4.78, 5) is 12.9. The van der Waals surface area contributed by atoms with Crippen LogP contribution in [-0.4, -0.2) is 35.2 Å². The van der Waals surface area contributed by atoms with Gasteiger partial charge in [-0.25, -0.2) is 0 Å². The Bertz CT molecular complexity index is 932. The molecule has 178 valence electrons. The van der Waals surface area contributed by atoms with Gasteiger partial charge in [0.05, 0.1) is 5.75 Å². The summed E-state index contributed by atoms with van der Waals surface area (Å²) >= 11 is 0. The molecule has 5 saturated carbocycles. The van der Waals surface area contributed by atoms with Crippen molar-refractivity contribution in [2.45, 2.75) is 83.2 Å². The lowest BCUT2D eigenvalue weighted by atomic mass is 9.49. The molecule has 0 aromatic heterocycles. The van der Waals surface area contributed by atoms with Gasteiger partial charge >= 0.3 is 9.15 Å². The first-order valence-electron chi connectivity index (χ1n) is 12.5. The molecule has 32 heavy (non-hydrogen) atoms. The van der Waals surface area contributed by atoms with Crippen LogP contribution in [0.3, 0.4) is 0 Å². The first-order valence-corrected chi connectivity index (χ1v) is 15.4. The van der Waals surface area contributed by atoms with Crippen molar-refractivity contribution in [3.05, 3.63) is 0 Å². The molecule has 5 rings (SSSR count). The van der Waals surface area contributed by atoms with Gasteiger partial charge < -0.3 is 5.11 Å². The van der Waals surface area contributed by atoms with Crippen molar-refractivity contribution >= 4 is 25.7 Å². The van der Waals surface area contributed by atoms with E-state index >= 15 is 0 Å². The maximum Gasteiger partial charge on any atom is 0.320 e. The lowest BCUT2D eigenvalue weighted by Gasteiger charge is -2.56. The fourth-order valence-corrected chi connectivity index (χ4v) is 9.48. The monoisotopic (exact) mass is 480 g/mol. The predicted octanol–water partition coefficient (Wildman–Crippen LogP) is 4.50. The molecule has 0 heterocycles. The Morgan fingerprint density at radius 3 is 2.47 bits per heavy atom. The molecule has 5 nitrogen and oxygen atoms in total. The van der Waals surface area contributed by atoms with Gasteiger partial charge in [-0.15, -0.1) is 0 Å². The summed E-state index contributed by atoms with van der Waals surface area (Å²) in [5, 5.41) is 11.1. The molecule has 5 aliphatic carbocycles. The van der Waals surface area contributed by atoms with Crippen LogP contribution in [0.2, 0.25) is 0 Å². The van der Waals surface area contributed by atoms with Crippen LogP contribution in [0.5, 0.6) is 0 Å². The second kappa shape index (κ2) is 8.29. The molecule has 5 fully saturated rings. The maximum atomic E-state index is 12.9. The summed E-state index contributed by atoms with van der Waals surface area (Å²) in [7, 11) is -3.82. The summed E-state index contributed by atoms with van der Waals surface area (Å²) in [6.45, 7) is 2.26. The van der Waals surface area contributed by atoms with Crippen molar-refractivity contribution in [2.75, 3.05) is 5.75 Å².